The fourth-order valence-corrected chi connectivity index (χ4v) is 2.76. The molecule has 1 aromatic rings. The summed E-state index contributed by atoms with van der Waals surface area (Å²) in [7, 11) is 0. The fourth-order valence-electron chi connectivity index (χ4n) is 1.98. The van der Waals surface area contributed by atoms with Crippen molar-refractivity contribution >= 4 is 33.4 Å². The molecule has 1 rings (SSSR count). The largest absolute Gasteiger partial charge is 0.480 e. The molecule has 0 aromatic carbocycles. The number of nitrogens with zero attached hydrogens (tertiary/aromatic N) is 3. The average Bonchev–Trinajstić information content (AvgIpc) is 2.99. The molecule has 0 saturated carbocycles. The number of unbranched alkanes of at least 4 members (excludes halogenated alkanes) is 1. The van der Waals surface area contributed by atoms with Crippen molar-refractivity contribution in [2.45, 2.75) is 26.2 Å². The van der Waals surface area contributed by atoms with Gasteiger partial charge in [-0.05, 0) is 37.5 Å². The van der Waals surface area contributed by atoms with Crippen LogP contribution in [-0.2, 0) is 9.59 Å². The first-order valence-corrected chi connectivity index (χ1v) is 7.92. The van der Waals surface area contributed by atoms with Gasteiger partial charge < -0.3 is 15.1 Å². The second-order valence-electron chi connectivity index (χ2n) is 5.31. The van der Waals surface area contributed by atoms with E-state index < -0.39 is 29.0 Å². The number of hydrogen-bond acceptors (Lipinski definition) is 7. The molecule has 0 bridgehead atoms. The first-order valence-electron chi connectivity index (χ1n) is 7.10. The predicted molar refractivity (Wildman–Crippen MR) is 84.2 cm³/mol. The highest BCUT2D eigenvalue weighted by Gasteiger charge is 2.40. The summed E-state index contributed by atoms with van der Waals surface area (Å²) in [4.78, 5) is 37.6. The summed E-state index contributed by atoms with van der Waals surface area (Å²) >= 11 is 0.823. The van der Waals surface area contributed by atoms with Gasteiger partial charge in [-0.3, -0.25) is 19.7 Å². The lowest BCUT2D eigenvalue weighted by Gasteiger charge is -2.22. The van der Waals surface area contributed by atoms with Gasteiger partial charge in [0, 0.05) is 13.1 Å². The van der Waals surface area contributed by atoms with E-state index in [9.17, 15) is 24.1 Å². The Morgan fingerprint density at radius 2 is 2.00 bits per heavy atom. The van der Waals surface area contributed by atoms with Crippen LogP contribution in [0.1, 0.15) is 26.2 Å². The van der Waals surface area contributed by atoms with Gasteiger partial charge in [-0.15, -0.1) is 0 Å². The molecule has 9 nitrogen and oxygen atoms in total. The quantitative estimate of drug-likeness (QED) is 0.265. The Labute approximate surface area is 140 Å². The highest BCUT2D eigenvalue weighted by molar-refractivity contribution is 7.18. The lowest BCUT2D eigenvalue weighted by Crippen LogP contribution is -2.36. The number of carbonyl (C=O) groups is 2. The van der Waals surface area contributed by atoms with Gasteiger partial charge in [-0.25, -0.2) is 9.37 Å². The molecule has 0 aliphatic rings. The second-order valence-corrected chi connectivity index (χ2v) is 6.30. The Balaban J connectivity index is 2.62. The van der Waals surface area contributed by atoms with Gasteiger partial charge in [0.15, 0.2) is 10.5 Å². The number of nitro groups is 1. The molecule has 2 N–H and O–H groups in total. The number of aliphatic carboxylic acids is 2. The maximum Gasteiger partial charge on any atom is 0.345 e. The van der Waals surface area contributed by atoms with Crippen LogP contribution in [0.3, 0.4) is 0 Å². The van der Waals surface area contributed by atoms with Crippen molar-refractivity contribution in [3.63, 3.8) is 0 Å². The van der Waals surface area contributed by atoms with Gasteiger partial charge in [-0.2, -0.15) is 0 Å². The standard InChI is InChI=1S/C13H18FN3O6S/c1-13(10(18)19,11(20)21)4-2-3-6-16(7-5-14)12-15-8-9(24-12)17(22)23/h8H,2-7H2,1H3,(H,18,19)(H,20,21)/i14-1. The van der Waals surface area contributed by atoms with Crippen molar-refractivity contribution in [2.75, 3.05) is 24.7 Å². The number of alkyl halides is 1. The summed E-state index contributed by atoms with van der Waals surface area (Å²) in [6.07, 6.45) is 1.73. The van der Waals surface area contributed by atoms with Gasteiger partial charge in [0.05, 0.1) is 4.92 Å². The number of rotatable bonds is 11. The van der Waals surface area contributed by atoms with Crippen LogP contribution in [0.4, 0.5) is 14.5 Å². The van der Waals surface area contributed by atoms with E-state index in [1.807, 2.05) is 0 Å². The summed E-state index contributed by atoms with van der Waals surface area (Å²) in [6, 6.07) is 0. The third-order valence-electron chi connectivity index (χ3n) is 3.59. The van der Waals surface area contributed by atoms with Gasteiger partial charge in [-0.1, -0.05) is 0 Å². The summed E-state index contributed by atoms with van der Waals surface area (Å²) in [5, 5.41) is 28.8. The van der Waals surface area contributed by atoms with Gasteiger partial charge >= 0.3 is 16.9 Å². The number of carboxylic acids is 2. The van der Waals surface area contributed by atoms with Crippen LogP contribution in [-0.4, -0.2) is 51.8 Å². The Bertz CT molecular complexity index is 594. The summed E-state index contributed by atoms with van der Waals surface area (Å²) in [5.41, 5.74) is -1.87. The zero-order valence-electron chi connectivity index (χ0n) is 13.0. The van der Waals surface area contributed by atoms with Gasteiger partial charge in [0.1, 0.15) is 12.9 Å². The van der Waals surface area contributed by atoms with E-state index in [0.29, 0.717) is 24.5 Å². The Morgan fingerprint density at radius 3 is 2.46 bits per heavy atom. The Kier molecular flexibility index (Phi) is 7.01. The number of hydrogen-bond donors (Lipinski definition) is 2. The van der Waals surface area contributed by atoms with Gasteiger partial charge in [0.2, 0.25) is 0 Å². The lowest BCUT2D eigenvalue weighted by atomic mass is 9.85. The van der Waals surface area contributed by atoms with Crippen molar-refractivity contribution < 1.29 is 29.1 Å². The van der Waals surface area contributed by atoms with E-state index in [-0.39, 0.29) is 18.0 Å². The van der Waals surface area contributed by atoms with Gasteiger partial charge in [0.25, 0.3) is 0 Å². The molecule has 0 atom stereocenters. The Hall–Kier alpha value is -2.30. The highest BCUT2D eigenvalue weighted by Crippen LogP contribution is 2.29. The third-order valence-corrected chi connectivity index (χ3v) is 4.59. The maximum absolute atomic E-state index is 12.7. The molecule has 134 valence electrons. The number of carboxylic acid groups (broad SMARTS) is 2. The minimum absolute atomic E-state index is 0.000202. The van der Waals surface area contributed by atoms with E-state index in [0.717, 1.165) is 24.5 Å². The van der Waals surface area contributed by atoms with Crippen molar-refractivity contribution in [1.82, 2.24) is 4.98 Å². The zero-order chi connectivity index (χ0) is 18.3. The van der Waals surface area contributed by atoms with Crippen LogP contribution in [0.25, 0.3) is 0 Å². The first kappa shape index (κ1) is 19.7. The van der Waals surface area contributed by atoms with Crippen molar-refractivity contribution in [3.05, 3.63) is 16.3 Å². The SMILES string of the molecule is CC(CCCCN(CC[18F])c1ncc([N+](=O)[O-])s1)(C(=O)O)C(=O)O. The predicted octanol–water partition coefficient (Wildman–Crippen LogP) is 2.17. The van der Waals surface area contributed by atoms with Crippen LogP contribution in [0, 0.1) is 15.5 Å². The minimum atomic E-state index is -1.87. The molecule has 24 heavy (non-hydrogen) atoms. The second kappa shape index (κ2) is 8.52. The molecule has 0 amide bonds. The first-order chi connectivity index (χ1) is 11.2. The molecule has 1 heterocycles. The summed E-state index contributed by atoms with van der Waals surface area (Å²) < 4.78 is 12.7. The van der Waals surface area contributed by atoms with Crippen molar-refractivity contribution in [2.24, 2.45) is 5.41 Å². The minimum Gasteiger partial charge on any atom is -0.480 e. The summed E-state index contributed by atoms with van der Waals surface area (Å²) in [5.74, 6) is -2.82. The van der Waals surface area contributed by atoms with E-state index in [4.69, 9.17) is 10.2 Å². The third kappa shape index (κ3) is 4.85. The van der Waals surface area contributed by atoms with Crippen LogP contribution in [0.2, 0.25) is 0 Å². The molecule has 0 fully saturated rings. The summed E-state index contributed by atoms with van der Waals surface area (Å²) in [6.45, 7) is 0.764. The molecule has 1 aromatic heterocycles. The number of anilines is 1. The van der Waals surface area contributed by atoms with Crippen LogP contribution in [0.15, 0.2) is 6.20 Å². The molecule has 11 heteroatoms. The molecule has 0 aliphatic carbocycles. The fraction of sp³-hybridized carbons (Fsp3) is 0.615. The van der Waals surface area contributed by atoms with E-state index in [1.54, 1.807) is 0 Å². The van der Waals surface area contributed by atoms with Crippen molar-refractivity contribution in [1.29, 1.82) is 0 Å². The molecule has 0 aliphatic heterocycles. The van der Waals surface area contributed by atoms with E-state index in [1.165, 1.54) is 4.90 Å². The van der Waals surface area contributed by atoms with E-state index >= 15 is 0 Å². The monoisotopic (exact) mass is 362 g/mol. The lowest BCUT2D eigenvalue weighted by molar-refractivity contribution is -0.380. The number of thiazole rings is 1. The molecular weight excluding hydrogens is 344 g/mol. The van der Waals surface area contributed by atoms with E-state index in [2.05, 4.69) is 4.98 Å². The Morgan fingerprint density at radius 1 is 1.38 bits per heavy atom. The smallest absolute Gasteiger partial charge is 0.345 e. The van der Waals surface area contributed by atoms with Crippen LogP contribution >= 0.6 is 11.3 Å². The molecule has 0 spiro atoms. The maximum atomic E-state index is 12.7. The zero-order valence-corrected chi connectivity index (χ0v) is 13.8. The number of aromatic nitrogens is 1. The van der Waals surface area contributed by atoms with Crippen molar-refractivity contribution in [3.8, 4) is 0 Å². The van der Waals surface area contributed by atoms with Crippen LogP contribution in [0.5, 0.6) is 0 Å². The number of halogens is 1. The van der Waals surface area contributed by atoms with Crippen LogP contribution < -0.4 is 4.90 Å². The molecule has 0 radical (unpaired) electrons. The normalized spacial score (nSPS) is 11.2. The molecular formula is C13H18FN3O6S. The average molecular weight is 362 g/mol. The molecule has 0 unspecified atom stereocenters. The topological polar surface area (TPSA) is 134 Å². The molecule has 0 saturated heterocycles. The highest BCUT2D eigenvalue weighted by atomic mass is 32.1.